The Hall–Kier alpha value is -1.73. The number of hydrogen-bond donors (Lipinski definition) is 1. The first-order chi connectivity index (χ1) is 13.8. The average Bonchev–Trinajstić information content (AvgIpc) is 2.71. The van der Waals surface area contributed by atoms with Gasteiger partial charge in [-0.3, -0.25) is 4.90 Å². The molecule has 1 aliphatic heterocycles. The van der Waals surface area contributed by atoms with Crippen LogP contribution < -0.4 is 4.72 Å². The van der Waals surface area contributed by atoms with Gasteiger partial charge in [0, 0.05) is 19.6 Å². The molecule has 1 fully saturated rings. The van der Waals surface area contributed by atoms with Gasteiger partial charge in [-0.1, -0.05) is 36.4 Å². The van der Waals surface area contributed by atoms with Gasteiger partial charge in [-0.25, -0.2) is 13.1 Å². The smallest absolute Gasteiger partial charge is 0.241 e. The lowest BCUT2D eigenvalue weighted by Gasteiger charge is -2.33. The van der Waals surface area contributed by atoms with Gasteiger partial charge in [0.15, 0.2) is 0 Å². The van der Waals surface area contributed by atoms with Crippen molar-refractivity contribution < 1.29 is 13.2 Å². The van der Waals surface area contributed by atoms with Crippen molar-refractivity contribution >= 4 is 10.0 Å². The summed E-state index contributed by atoms with van der Waals surface area (Å²) in [5.41, 5.74) is 4.88. The van der Waals surface area contributed by atoms with Crippen LogP contribution in [-0.2, 0) is 14.8 Å². The summed E-state index contributed by atoms with van der Waals surface area (Å²) in [4.78, 5) is 2.79. The summed E-state index contributed by atoms with van der Waals surface area (Å²) in [5, 5.41) is 0. The first-order valence-electron chi connectivity index (χ1n) is 10.3. The second-order valence-corrected chi connectivity index (χ2v) is 9.62. The Balaban J connectivity index is 1.55. The highest BCUT2D eigenvalue weighted by Crippen LogP contribution is 2.26. The van der Waals surface area contributed by atoms with Crippen molar-refractivity contribution in [3.8, 4) is 0 Å². The molecule has 6 heteroatoms. The van der Waals surface area contributed by atoms with E-state index in [0.717, 1.165) is 48.3 Å². The maximum absolute atomic E-state index is 12.9. The Bertz CT molecular complexity index is 916. The number of sulfonamides is 1. The van der Waals surface area contributed by atoms with Crippen molar-refractivity contribution in [1.29, 1.82) is 0 Å². The predicted molar refractivity (Wildman–Crippen MR) is 117 cm³/mol. The molecule has 0 bridgehead atoms. The van der Waals surface area contributed by atoms with E-state index in [9.17, 15) is 8.42 Å². The van der Waals surface area contributed by atoms with E-state index in [1.54, 1.807) is 0 Å². The minimum atomic E-state index is -3.52. The van der Waals surface area contributed by atoms with Crippen LogP contribution in [0.3, 0.4) is 0 Å². The number of ether oxygens (including phenoxy) is 1. The zero-order valence-corrected chi connectivity index (χ0v) is 18.7. The molecule has 1 aliphatic rings. The number of rotatable bonds is 7. The Labute approximate surface area is 175 Å². The number of nitrogens with zero attached hydrogens (tertiary/aromatic N) is 1. The lowest BCUT2D eigenvalue weighted by atomic mass is 10.0. The van der Waals surface area contributed by atoms with Gasteiger partial charge in [-0.15, -0.1) is 0 Å². The van der Waals surface area contributed by atoms with E-state index in [0.29, 0.717) is 18.0 Å². The number of aryl methyl sites for hydroxylation is 2. The lowest BCUT2D eigenvalue weighted by molar-refractivity contribution is -0.0300. The summed E-state index contributed by atoms with van der Waals surface area (Å²) in [6.07, 6.45) is 0.853. The van der Waals surface area contributed by atoms with E-state index >= 15 is 0 Å². The largest absolute Gasteiger partial charge is 0.371 e. The van der Waals surface area contributed by atoms with Crippen molar-refractivity contribution in [3.63, 3.8) is 0 Å². The van der Waals surface area contributed by atoms with Crippen LogP contribution >= 0.6 is 0 Å². The monoisotopic (exact) mass is 416 g/mol. The molecule has 2 aromatic carbocycles. The second-order valence-electron chi connectivity index (χ2n) is 7.91. The molecule has 1 unspecified atom stereocenters. The third kappa shape index (κ3) is 5.25. The molecule has 3 rings (SSSR count). The van der Waals surface area contributed by atoms with Gasteiger partial charge in [-0.2, -0.15) is 0 Å². The van der Waals surface area contributed by atoms with Crippen LogP contribution in [0.25, 0.3) is 0 Å². The second kappa shape index (κ2) is 9.39. The van der Waals surface area contributed by atoms with Gasteiger partial charge in [0.1, 0.15) is 0 Å². The van der Waals surface area contributed by atoms with E-state index < -0.39 is 10.0 Å². The van der Waals surface area contributed by atoms with Gasteiger partial charge < -0.3 is 4.74 Å². The summed E-state index contributed by atoms with van der Waals surface area (Å²) >= 11 is 0. The molecule has 29 heavy (non-hydrogen) atoms. The molecule has 0 aliphatic carbocycles. The van der Waals surface area contributed by atoms with Crippen LogP contribution in [0.5, 0.6) is 0 Å². The lowest BCUT2D eigenvalue weighted by Crippen LogP contribution is -2.40. The molecule has 0 aromatic heterocycles. The van der Waals surface area contributed by atoms with Crippen LogP contribution in [0.2, 0.25) is 0 Å². The first kappa shape index (κ1) is 22.0. The fraction of sp³-hybridized carbons (Fsp3) is 0.478. The van der Waals surface area contributed by atoms with Gasteiger partial charge in [0.2, 0.25) is 10.0 Å². The summed E-state index contributed by atoms with van der Waals surface area (Å²) < 4.78 is 34.6. The number of morpholine rings is 1. The summed E-state index contributed by atoms with van der Waals surface area (Å²) in [6.45, 7) is 11.4. The van der Waals surface area contributed by atoms with Gasteiger partial charge in [0.25, 0.3) is 0 Å². The molecule has 1 N–H and O–H groups in total. The number of hydrogen-bond acceptors (Lipinski definition) is 4. The van der Waals surface area contributed by atoms with E-state index in [2.05, 4.69) is 21.8 Å². The summed E-state index contributed by atoms with van der Waals surface area (Å²) in [7, 11) is -3.52. The zero-order chi connectivity index (χ0) is 21.0. The van der Waals surface area contributed by atoms with Crippen LogP contribution in [0, 0.1) is 27.7 Å². The summed E-state index contributed by atoms with van der Waals surface area (Å²) in [5.74, 6) is 0. The summed E-state index contributed by atoms with van der Waals surface area (Å²) in [6, 6.07) is 12.3. The molecule has 1 atom stereocenters. The topological polar surface area (TPSA) is 58.6 Å². The van der Waals surface area contributed by atoms with Crippen molar-refractivity contribution in [2.45, 2.75) is 45.1 Å². The molecule has 1 saturated heterocycles. The number of nitrogens with one attached hydrogen (secondary N) is 1. The van der Waals surface area contributed by atoms with Crippen molar-refractivity contribution in [2.75, 3.05) is 32.8 Å². The highest BCUT2D eigenvalue weighted by atomic mass is 32.2. The standard InChI is InChI=1S/C23H32N2O3S/c1-17-15-18(2)20(4)23(19(17)3)29(26,27)24-11-8-12-25-13-14-28-22(16-25)21-9-6-5-7-10-21/h5-7,9-10,15,22,24H,8,11-14,16H2,1-4H3. The molecule has 5 nitrogen and oxygen atoms in total. The highest BCUT2D eigenvalue weighted by Gasteiger charge is 2.23. The van der Waals surface area contributed by atoms with Gasteiger partial charge in [-0.05, 0) is 68.5 Å². The van der Waals surface area contributed by atoms with Crippen molar-refractivity contribution in [2.24, 2.45) is 0 Å². The fourth-order valence-corrected chi connectivity index (χ4v) is 5.63. The Morgan fingerprint density at radius 2 is 1.72 bits per heavy atom. The minimum Gasteiger partial charge on any atom is -0.371 e. The SMILES string of the molecule is Cc1cc(C)c(C)c(S(=O)(=O)NCCCN2CCOC(c3ccccc3)C2)c1C. The molecule has 158 valence electrons. The third-order valence-corrected chi connectivity index (χ3v) is 7.57. The van der Waals surface area contributed by atoms with E-state index in [1.807, 2.05) is 52.0 Å². The van der Waals surface area contributed by atoms with Crippen LogP contribution in [0.4, 0.5) is 0 Å². The molecule has 0 amide bonds. The Morgan fingerprint density at radius 1 is 1.07 bits per heavy atom. The minimum absolute atomic E-state index is 0.0854. The van der Waals surface area contributed by atoms with Crippen LogP contribution in [-0.4, -0.2) is 46.1 Å². The van der Waals surface area contributed by atoms with Crippen molar-refractivity contribution in [3.05, 3.63) is 64.2 Å². The fourth-order valence-electron chi connectivity index (χ4n) is 3.94. The molecule has 1 heterocycles. The molecule has 0 saturated carbocycles. The first-order valence-corrected chi connectivity index (χ1v) is 11.7. The third-order valence-electron chi connectivity index (χ3n) is 5.83. The van der Waals surface area contributed by atoms with Gasteiger partial charge >= 0.3 is 0 Å². The van der Waals surface area contributed by atoms with E-state index in [-0.39, 0.29) is 6.10 Å². The zero-order valence-electron chi connectivity index (χ0n) is 17.9. The van der Waals surface area contributed by atoms with Crippen LogP contribution in [0.15, 0.2) is 41.3 Å². The van der Waals surface area contributed by atoms with Gasteiger partial charge in [0.05, 0.1) is 17.6 Å². The average molecular weight is 417 g/mol. The van der Waals surface area contributed by atoms with E-state index in [1.165, 1.54) is 5.56 Å². The molecule has 0 radical (unpaired) electrons. The molecular weight excluding hydrogens is 384 g/mol. The quantitative estimate of drug-likeness (QED) is 0.700. The predicted octanol–water partition coefficient (Wildman–Crippen LogP) is 3.66. The maximum Gasteiger partial charge on any atom is 0.241 e. The molecule has 0 spiro atoms. The highest BCUT2D eigenvalue weighted by molar-refractivity contribution is 7.89. The van der Waals surface area contributed by atoms with Crippen LogP contribution in [0.1, 0.15) is 40.3 Å². The molecule has 2 aromatic rings. The molecular formula is C23H32N2O3S. The maximum atomic E-state index is 12.9. The van der Waals surface area contributed by atoms with E-state index in [4.69, 9.17) is 4.74 Å². The Kier molecular flexibility index (Phi) is 7.11. The number of benzene rings is 2. The van der Waals surface area contributed by atoms with Crippen molar-refractivity contribution in [1.82, 2.24) is 9.62 Å². The Morgan fingerprint density at radius 3 is 2.38 bits per heavy atom. The normalized spacial score (nSPS) is 18.1.